The van der Waals surface area contributed by atoms with E-state index in [0.717, 1.165) is 24.1 Å². The molecule has 18 heavy (non-hydrogen) atoms. The van der Waals surface area contributed by atoms with Crippen LogP contribution in [0.5, 0.6) is 0 Å². The average molecular weight is 313 g/mol. The fraction of sp³-hybridized carbons (Fsp3) is 0.600. The van der Waals surface area contributed by atoms with Crippen LogP contribution in [0.1, 0.15) is 32.3 Å². The van der Waals surface area contributed by atoms with Crippen molar-refractivity contribution in [3.63, 3.8) is 0 Å². The van der Waals surface area contributed by atoms with Crippen molar-refractivity contribution in [3.8, 4) is 0 Å². The Balaban J connectivity index is 2.48. The van der Waals surface area contributed by atoms with Gasteiger partial charge >= 0.3 is 0 Å². The highest BCUT2D eigenvalue weighted by Gasteiger charge is 2.12. The molecule has 0 aromatic heterocycles. The lowest BCUT2D eigenvalue weighted by molar-refractivity contribution is 0.221. The van der Waals surface area contributed by atoms with Crippen molar-refractivity contribution >= 4 is 15.9 Å². The van der Waals surface area contributed by atoms with Gasteiger partial charge in [0.1, 0.15) is 0 Å². The van der Waals surface area contributed by atoms with Crippen LogP contribution < -0.4 is 5.32 Å². The van der Waals surface area contributed by atoms with Gasteiger partial charge in [-0.2, -0.15) is 0 Å². The smallest absolute Gasteiger partial charge is 0.0234 e. The van der Waals surface area contributed by atoms with Crippen molar-refractivity contribution in [2.24, 2.45) is 0 Å². The van der Waals surface area contributed by atoms with E-state index in [9.17, 15) is 0 Å². The van der Waals surface area contributed by atoms with Gasteiger partial charge in [0.2, 0.25) is 0 Å². The third-order valence-electron chi connectivity index (χ3n) is 3.22. The predicted octanol–water partition coefficient (Wildman–Crippen LogP) is 3.66. The Labute approximate surface area is 120 Å². The van der Waals surface area contributed by atoms with Crippen LogP contribution in [0.4, 0.5) is 0 Å². The molecule has 1 aromatic carbocycles. The number of rotatable bonds is 8. The van der Waals surface area contributed by atoms with Gasteiger partial charge in [0.05, 0.1) is 0 Å². The molecule has 0 aliphatic carbocycles. The number of hydrogen-bond donors (Lipinski definition) is 1. The van der Waals surface area contributed by atoms with Gasteiger partial charge in [0, 0.05) is 23.6 Å². The molecule has 0 saturated carbocycles. The van der Waals surface area contributed by atoms with Gasteiger partial charge in [-0.25, -0.2) is 0 Å². The Hall–Kier alpha value is -0.380. The van der Waals surface area contributed by atoms with Gasteiger partial charge in [-0.15, -0.1) is 0 Å². The maximum Gasteiger partial charge on any atom is 0.0234 e. The summed E-state index contributed by atoms with van der Waals surface area (Å²) in [6, 6.07) is 9.17. The van der Waals surface area contributed by atoms with Crippen molar-refractivity contribution in [2.45, 2.75) is 39.3 Å². The zero-order chi connectivity index (χ0) is 13.4. The second-order valence-corrected chi connectivity index (χ2v) is 5.73. The second-order valence-electron chi connectivity index (χ2n) is 4.81. The molecule has 102 valence electrons. The van der Waals surface area contributed by atoms with Crippen molar-refractivity contribution in [3.05, 3.63) is 34.3 Å². The van der Waals surface area contributed by atoms with E-state index in [1.165, 1.54) is 18.4 Å². The Morgan fingerprint density at radius 2 is 2.11 bits per heavy atom. The lowest BCUT2D eigenvalue weighted by atomic mass is 10.1. The van der Waals surface area contributed by atoms with Crippen LogP contribution in [0.15, 0.2) is 28.7 Å². The van der Waals surface area contributed by atoms with E-state index in [0.29, 0.717) is 6.04 Å². The topological polar surface area (TPSA) is 15.3 Å². The molecule has 0 fully saturated rings. The predicted molar refractivity (Wildman–Crippen MR) is 82.8 cm³/mol. The largest absolute Gasteiger partial charge is 0.315 e. The first-order chi connectivity index (χ1) is 8.67. The van der Waals surface area contributed by atoms with E-state index in [1.807, 2.05) is 0 Å². The Bertz CT molecular complexity index is 341. The van der Waals surface area contributed by atoms with Crippen LogP contribution in [0, 0.1) is 0 Å². The van der Waals surface area contributed by atoms with E-state index in [-0.39, 0.29) is 0 Å². The van der Waals surface area contributed by atoms with E-state index in [1.54, 1.807) is 0 Å². The number of likely N-dealkylation sites (N-methyl/N-ethyl adjacent to an activating group) is 1. The first kappa shape index (κ1) is 15.7. The molecule has 3 heteroatoms. The van der Waals surface area contributed by atoms with Gasteiger partial charge in [-0.1, -0.05) is 41.9 Å². The summed E-state index contributed by atoms with van der Waals surface area (Å²) in [6.07, 6.45) is 2.38. The number of halogens is 1. The number of nitrogens with one attached hydrogen (secondary N) is 1. The minimum Gasteiger partial charge on any atom is -0.315 e. The molecule has 0 amide bonds. The summed E-state index contributed by atoms with van der Waals surface area (Å²) in [5.74, 6) is 0. The summed E-state index contributed by atoms with van der Waals surface area (Å²) in [4.78, 5) is 2.43. The standard InChI is InChI=1S/C15H25BrN2/c1-4-9-17-11-15(5-2)18(3)12-13-7-6-8-14(16)10-13/h6-8,10,15,17H,4-5,9,11-12H2,1-3H3. The second kappa shape index (κ2) is 8.68. The maximum absolute atomic E-state index is 3.53. The van der Waals surface area contributed by atoms with Crippen LogP contribution in [0.25, 0.3) is 0 Å². The molecular weight excluding hydrogens is 288 g/mol. The molecule has 1 aromatic rings. The molecule has 0 saturated heterocycles. The molecule has 2 nitrogen and oxygen atoms in total. The Morgan fingerprint density at radius 1 is 1.33 bits per heavy atom. The maximum atomic E-state index is 3.53. The summed E-state index contributed by atoms with van der Waals surface area (Å²) in [6.45, 7) is 7.66. The number of nitrogens with zero attached hydrogens (tertiary/aromatic N) is 1. The third kappa shape index (κ3) is 5.51. The van der Waals surface area contributed by atoms with Gasteiger partial charge in [-0.3, -0.25) is 4.90 Å². The number of hydrogen-bond acceptors (Lipinski definition) is 2. The SMILES string of the molecule is CCCNCC(CC)N(C)Cc1cccc(Br)c1. The fourth-order valence-electron chi connectivity index (χ4n) is 2.11. The summed E-state index contributed by atoms with van der Waals surface area (Å²) < 4.78 is 1.16. The zero-order valence-corrected chi connectivity index (χ0v) is 13.3. The number of benzene rings is 1. The van der Waals surface area contributed by atoms with Crippen molar-refractivity contribution in [1.29, 1.82) is 0 Å². The van der Waals surface area contributed by atoms with E-state index < -0.39 is 0 Å². The minimum atomic E-state index is 0.607. The molecule has 0 radical (unpaired) electrons. The highest BCUT2D eigenvalue weighted by molar-refractivity contribution is 9.10. The van der Waals surface area contributed by atoms with Crippen LogP contribution >= 0.6 is 15.9 Å². The van der Waals surface area contributed by atoms with Crippen molar-refractivity contribution < 1.29 is 0 Å². The Kier molecular flexibility index (Phi) is 7.56. The summed E-state index contributed by atoms with van der Waals surface area (Å²) >= 11 is 3.53. The van der Waals surface area contributed by atoms with Gasteiger partial charge in [0.25, 0.3) is 0 Å². The monoisotopic (exact) mass is 312 g/mol. The molecule has 0 aliphatic rings. The van der Waals surface area contributed by atoms with E-state index in [4.69, 9.17) is 0 Å². The quantitative estimate of drug-likeness (QED) is 0.737. The van der Waals surface area contributed by atoms with Gasteiger partial charge < -0.3 is 5.32 Å². The molecule has 1 rings (SSSR count). The normalized spacial score (nSPS) is 12.9. The van der Waals surface area contributed by atoms with Gasteiger partial charge in [-0.05, 0) is 44.1 Å². The fourth-order valence-corrected chi connectivity index (χ4v) is 2.56. The molecule has 0 heterocycles. The minimum absolute atomic E-state index is 0.607. The first-order valence-electron chi connectivity index (χ1n) is 6.82. The molecule has 0 spiro atoms. The van der Waals surface area contributed by atoms with Crippen LogP contribution in [0.3, 0.4) is 0 Å². The van der Waals surface area contributed by atoms with Crippen LogP contribution in [-0.4, -0.2) is 31.1 Å². The first-order valence-corrected chi connectivity index (χ1v) is 7.62. The third-order valence-corrected chi connectivity index (χ3v) is 3.72. The highest BCUT2D eigenvalue weighted by atomic mass is 79.9. The Morgan fingerprint density at radius 3 is 2.72 bits per heavy atom. The van der Waals surface area contributed by atoms with Crippen molar-refractivity contribution in [2.75, 3.05) is 20.1 Å². The van der Waals surface area contributed by atoms with Crippen molar-refractivity contribution in [1.82, 2.24) is 10.2 Å². The lowest BCUT2D eigenvalue weighted by Crippen LogP contribution is -2.39. The zero-order valence-electron chi connectivity index (χ0n) is 11.7. The highest BCUT2D eigenvalue weighted by Crippen LogP contribution is 2.14. The van der Waals surface area contributed by atoms with Crippen LogP contribution in [0.2, 0.25) is 0 Å². The van der Waals surface area contributed by atoms with Gasteiger partial charge in [0.15, 0.2) is 0 Å². The molecular formula is C15H25BrN2. The average Bonchev–Trinajstić information content (AvgIpc) is 2.34. The van der Waals surface area contributed by atoms with E-state index >= 15 is 0 Å². The van der Waals surface area contributed by atoms with E-state index in [2.05, 4.69) is 71.3 Å². The summed E-state index contributed by atoms with van der Waals surface area (Å²) in [7, 11) is 2.21. The molecule has 1 unspecified atom stereocenters. The molecule has 1 N–H and O–H groups in total. The van der Waals surface area contributed by atoms with Crippen LogP contribution in [-0.2, 0) is 6.54 Å². The summed E-state index contributed by atoms with van der Waals surface area (Å²) in [5.41, 5.74) is 1.36. The molecule has 0 aliphatic heterocycles. The molecule has 0 bridgehead atoms. The molecule has 1 atom stereocenters. The lowest BCUT2D eigenvalue weighted by Gasteiger charge is -2.27. The summed E-state index contributed by atoms with van der Waals surface area (Å²) in [5, 5.41) is 3.51.